The SMILES string of the molecule is CC(C)(C)NC(=O)c1nc(C(=O)Nc2ccc(C#N)cc2)n2c1CCCC2. The molecule has 0 unspecified atom stereocenters. The monoisotopic (exact) mass is 365 g/mol. The van der Waals surface area contributed by atoms with E-state index in [0.29, 0.717) is 23.5 Å². The molecule has 0 fully saturated rings. The van der Waals surface area contributed by atoms with Crippen molar-refractivity contribution in [1.82, 2.24) is 14.9 Å². The summed E-state index contributed by atoms with van der Waals surface area (Å²) in [6.45, 7) is 6.39. The number of carbonyl (C=O) groups excluding carboxylic acids is 2. The van der Waals surface area contributed by atoms with Crippen LogP contribution < -0.4 is 10.6 Å². The highest BCUT2D eigenvalue weighted by Gasteiger charge is 2.29. The number of hydrogen-bond acceptors (Lipinski definition) is 4. The van der Waals surface area contributed by atoms with Crippen molar-refractivity contribution in [2.45, 2.75) is 52.1 Å². The Labute approximate surface area is 158 Å². The van der Waals surface area contributed by atoms with Crippen molar-refractivity contribution in [3.8, 4) is 6.07 Å². The molecule has 2 heterocycles. The van der Waals surface area contributed by atoms with Crippen molar-refractivity contribution in [2.75, 3.05) is 5.32 Å². The highest BCUT2D eigenvalue weighted by molar-refractivity contribution is 6.03. The fourth-order valence-electron chi connectivity index (χ4n) is 3.11. The van der Waals surface area contributed by atoms with Crippen LogP contribution in [0.1, 0.15) is 66.0 Å². The summed E-state index contributed by atoms with van der Waals surface area (Å²) in [6.07, 6.45) is 2.64. The van der Waals surface area contributed by atoms with Gasteiger partial charge in [-0.2, -0.15) is 5.26 Å². The second kappa shape index (κ2) is 7.23. The number of benzene rings is 1. The van der Waals surface area contributed by atoms with Crippen LogP contribution in [0.4, 0.5) is 5.69 Å². The number of nitrogens with one attached hydrogen (secondary N) is 2. The molecule has 0 atom stereocenters. The third-order valence-electron chi connectivity index (χ3n) is 4.30. The number of aromatic nitrogens is 2. The van der Waals surface area contributed by atoms with Gasteiger partial charge < -0.3 is 15.2 Å². The van der Waals surface area contributed by atoms with Crippen LogP contribution in [0.5, 0.6) is 0 Å². The Morgan fingerprint density at radius 3 is 2.48 bits per heavy atom. The van der Waals surface area contributed by atoms with Crippen LogP contribution in [0.15, 0.2) is 24.3 Å². The molecule has 0 spiro atoms. The molecule has 0 bridgehead atoms. The minimum atomic E-state index is -0.382. The van der Waals surface area contributed by atoms with Crippen LogP contribution in [-0.2, 0) is 13.0 Å². The Morgan fingerprint density at radius 2 is 1.85 bits per heavy atom. The van der Waals surface area contributed by atoms with Crippen LogP contribution in [0.25, 0.3) is 0 Å². The lowest BCUT2D eigenvalue weighted by Crippen LogP contribution is -2.41. The molecule has 140 valence electrons. The van der Waals surface area contributed by atoms with Gasteiger partial charge in [-0.3, -0.25) is 9.59 Å². The number of nitrogens with zero attached hydrogens (tertiary/aromatic N) is 3. The molecule has 2 aromatic rings. The number of fused-ring (bicyclic) bond motifs is 1. The highest BCUT2D eigenvalue weighted by atomic mass is 16.2. The first-order valence-corrected chi connectivity index (χ1v) is 9.02. The van der Waals surface area contributed by atoms with Gasteiger partial charge in [0.05, 0.1) is 17.3 Å². The molecule has 0 saturated carbocycles. The number of amides is 2. The Kier molecular flexibility index (Phi) is 5.00. The normalized spacial score (nSPS) is 13.4. The highest BCUT2D eigenvalue weighted by Crippen LogP contribution is 2.22. The lowest BCUT2D eigenvalue weighted by molar-refractivity contribution is 0.0913. The molecule has 27 heavy (non-hydrogen) atoms. The molecule has 2 N–H and O–H groups in total. The maximum absolute atomic E-state index is 12.8. The average Bonchev–Trinajstić information content (AvgIpc) is 3.01. The maximum atomic E-state index is 12.8. The number of anilines is 1. The van der Waals surface area contributed by atoms with Crippen LogP contribution in [0.2, 0.25) is 0 Å². The number of carbonyl (C=O) groups is 2. The summed E-state index contributed by atoms with van der Waals surface area (Å²) in [5, 5.41) is 14.6. The van der Waals surface area contributed by atoms with E-state index in [0.717, 1.165) is 25.0 Å². The first kappa shape index (κ1) is 18.6. The molecule has 0 saturated heterocycles. The van der Waals surface area contributed by atoms with E-state index in [9.17, 15) is 9.59 Å². The Hall–Kier alpha value is -3.14. The predicted molar refractivity (Wildman–Crippen MR) is 101 cm³/mol. The van der Waals surface area contributed by atoms with E-state index in [2.05, 4.69) is 15.6 Å². The summed E-state index contributed by atoms with van der Waals surface area (Å²) in [6, 6.07) is 8.66. The molecule has 1 aliphatic rings. The lowest BCUT2D eigenvalue weighted by atomic mass is 10.1. The van der Waals surface area contributed by atoms with E-state index in [1.54, 1.807) is 24.3 Å². The van der Waals surface area contributed by atoms with Crippen molar-refractivity contribution in [3.05, 3.63) is 47.0 Å². The standard InChI is InChI=1S/C20H23N5O2/c1-20(2,3)24-18(26)16-15-6-4-5-11-25(15)17(23-16)19(27)22-14-9-7-13(12-21)8-10-14/h7-10H,4-6,11H2,1-3H3,(H,22,27)(H,24,26). The third kappa shape index (κ3) is 4.17. The second-order valence-corrected chi connectivity index (χ2v) is 7.69. The Balaban J connectivity index is 1.89. The van der Waals surface area contributed by atoms with Crippen LogP contribution in [0, 0.1) is 11.3 Å². The van der Waals surface area contributed by atoms with Gasteiger partial charge in [0.1, 0.15) is 5.69 Å². The van der Waals surface area contributed by atoms with Gasteiger partial charge in [0.15, 0.2) is 5.82 Å². The average molecular weight is 365 g/mol. The van der Waals surface area contributed by atoms with Gasteiger partial charge in [-0.1, -0.05) is 0 Å². The van der Waals surface area contributed by atoms with E-state index < -0.39 is 0 Å². The second-order valence-electron chi connectivity index (χ2n) is 7.69. The first-order chi connectivity index (χ1) is 12.8. The Bertz CT molecular complexity index is 914. The van der Waals surface area contributed by atoms with Gasteiger partial charge in [0, 0.05) is 17.8 Å². The van der Waals surface area contributed by atoms with Crippen molar-refractivity contribution in [2.24, 2.45) is 0 Å². The summed E-state index contributed by atoms with van der Waals surface area (Å²) < 4.78 is 1.85. The molecule has 1 aliphatic heterocycles. The quantitative estimate of drug-likeness (QED) is 0.873. The number of imidazole rings is 1. The fraction of sp³-hybridized carbons (Fsp3) is 0.400. The van der Waals surface area contributed by atoms with Gasteiger partial charge >= 0.3 is 0 Å². The summed E-state index contributed by atoms with van der Waals surface area (Å²) >= 11 is 0. The first-order valence-electron chi connectivity index (χ1n) is 9.02. The predicted octanol–water partition coefficient (Wildman–Crippen LogP) is 2.87. The fourth-order valence-corrected chi connectivity index (χ4v) is 3.11. The molecular weight excluding hydrogens is 342 g/mol. The smallest absolute Gasteiger partial charge is 0.291 e. The summed E-state index contributed by atoms with van der Waals surface area (Å²) in [4.78, 5) is 29.8. The van der Waals surface area contributed by atoms with E-state index in [1.165, 1.54) is 0 Å². The van der Waals surface area contributed by atoms with Crippen molar-refractivity contribution in [1.29, 1.82) is 5.26 Å². The van der Waals surface area contributed by atoms with Crippen LogP contribution in [-0.4, -0.2) is 26.9 Å². The van der Waals surface area contributed by atoms with Gasteiger partial charge in [-0.25, -0.2) is 4.98 Å². The molecule has 0 radical (unpaired) electrons. The minimum Gasteiger partial charge on any atom is -0.346 e. The van der Waals surface area contributed by atoms with E-state index >= 15 is 0 Å². The molecule has 7 heteroatoms. The van der Waals surface area contributed by atoms with Crippen molar-refractivity contribution < 1.29 is 9.59 Å². The van der Waals surface area contributed by atoms with E-state index in [1.807, 2.05) is 31.4 Å². The van der Waals surface area contributed by atoms with Gasteiger partial charge in [0.2, 0.25) is 0 Å². The number of hydrogen-bond donors (Lipinski definition) is 2. The molecule has 7 nitrogen and oxygen atoms in total. The zero-order chi connectivity index (χ0) is 19.6. The Morgan fingerprint density at radius 1 is 1.15 bits per heavy atom. The molecule has 2 amide bonds. The minimum absolute atomic E-state index is 0.244. The van der Waals surface area contributed by atoms with E-state index in [4.69, 9.17) is 5.26 Å². The molecule has 1 aromatic carbocycles. The zero-order valence-electron chi connectivity index (χ0n) is 15.8. The number of rotatable bonds is 3. The van der Waals surface area contributed by atoms with Crippen molar-refractivity contribution >= 4 is 17.5 Å². The van der Waals surface area contributed by atoms with Gasteiger partial charge in [-0.15, -0.1) is 0 Å². The zero-order valence-corrected chi connectivity index (χ0v) is 15.8. The summed E-state index contributed by atoms with van der Waals surface area (Å²) in [5.41, 5.74) is 1.86. The largest absolute Gasteiger partial charge is 0.346 e. The van der Waals surface area contributed by atoms with Crippen molar-refractivity contribution in [3.63, 3.8) is 0 Å². The van der Waals surface area contributed by atoms with Gasteiger partial charge in [0.25, 0.3) is 11.8 Å². The molecular formula is C20H23N5O2. The van der Waals surface area contributed by atoms with Crippen LogP contribution in [0.3, 0.4) is 0 Å². The van der Waals surface area contributed by atoms with Crippen LogP contribution >= 0.6 is 0 Å². The molecule has 0 aliphatic carbocycles. The van der Waals surface area contributed by atoms with Gasteiger partial charge in [-0.05, 0) is 64.3 Å². The number of nitriles is 1. The molecule has 1 aromatic heterocycles. The topological polar surface area (TPSA) is 99.8 Å². The summed E-state index contributed by atoms with van der Waals surface area (Å²) in [7, 11) is 0. The lowest BCUT2D eigenvalue weighted by Gasteiger charge is -2.21. The summed E-state index contributed by atoms with van der Waals surface area (Å²) in [5.74, 6) is -0.378. The third-order valence-corrected chi connectivity index (χ3v) is 4.30. The maximum Gasteiger partial charge on any atom is 0.291 e. The molecule has 3 rings (SSSR count). The van der Waals surface area contributed by atoms with E-state index in [-0.39, 0.29) is 23.2 Å².